The smallest absolute Gasteiger partial charge is 0.320 e. The maximum Gasteiger partial charge on any atom is 0.323 e. The van der Waals surface area contributed by atoms with Gasteiger partial charge in [0.05, 0.1) is 0 Å². The van der Waals surface area contributed by atoms with E-state index in [0.29, 0.717) is 11.9 Å². The number of rotatable bonds is 5. The zero-order valence-corrected chi connectivity index (χ0v) is 11.0. The normalized spacial score (nSPS) is 14.6. The Morgan fingerprint density at radius 3 is 2.72 bits per heavy atom. The van der Waals surface area contributed by atoms with Crippen molar-refractivity contribution in [2.24, 2.45) is 0 Å². The van der Waals surface area contributed by atoms with Crippen LogP contribution in [0.4, 0.5) is 10.6 Å². The third-order valence-corrected chi connectivity index (χ3v) is 2.94. The third-order valence-electron chi connectivity index (χ3n) is 2.94. The summed E-state index contributed by atoms with van der Waals surface area (Å²) < 4.78 is 0. The van der Waals surface area contributed by atoms with Gasteiger partial charge in [-0.15, -0.1) is 0 Å². The Morgan fingerprint density at radius 1 is 1.39 bits per heavy atom. The fourth-order valence-corrected chi connectivity index (χ4v) is 1.76. The maximum atomic E-state index is 12.2. The molecule has 1 aliphatic carbocycles. The van der Waals surface area contributed by atoms with Crippen LogP contribution in [0.1, 0.15) is 12.8 Å². The van der Waals surface area contributed by atoms with Crippen LogP contribution in [-0.4, -0.2) is 54.0 Å². The van der Waals surface area contributed by atoms with Crippen molar-refractivity contribution < 1.29 is 4.79 Å². The monoisotopic (exact) mass is 248 g/mol. The lowest BCUT2D eigenvalue weighted by atomic mass is 10.4. The Labute approximate surface area is 108 Å². The standard InChI is InChI=1S/C13H20N4O/c1-16(2)9-10-17(11-6-7-11)13(18)15-12-5-3-4-8-14-12/h3-5,8,11H,6-7,9-10H2,1-2H3,(H,14,15,18). The number of anilines is 1. The molecule has 98 valence electrons. The van der Waals surface area contributed by atoms with Crippen LogP contribution in [0.3, 0.4) is 0 Å². The number of likely N-dealkylation sites (N-methyl/N-ethyl adjacent to an activating group) is 1. The van der Waals surface area contributed by atoms with Gasteiger partial charge in [0.25, 0.3) is 0 Å². The van der Waals surface area contributed by atoms with Crippen molar-refractivity contribution in [3.63, 3.8) is 0 Å². The molecule has 5 nitrogen and oxygen atoms in total. The fourth-order valence-electron chi connectivity index (χ4n) is 1.76. The van der Waals surface area contributed by atoms with Gasteiger partial charge in [-0.1, -0.05) is 6.07 Å². The zero-order chi connectivity index (χ0) is 13.0. The lowest BCUT2D eigenvalue weighted by Crippen LogP contribution is -2.41. The Hall–Kier alpha value is -1.62. The molecule has 1 N–H and O–H groups in total. The molecule has 1 fully saturated rings. The molecule has 0 unspecified atom stereocenters. The van der Waals surface area contributed by atoms with Crippen LogP contribution in [0.5, 0.6) is 0 Å². The van der Waals surface area contributed by atoms with E-state index < -0.39 is 0 Å². The number of carbonyl (C=O) groups is 1. The highest BCUT2D eigenvalue weighted by Gasteiger charge is 2.32. The van der Waals surface area contributed by atoms with E-state index in [2.05, 4.69) is 15.2 Å². The van der Waals surface area contributed by atoms with Crippen LogP contribution in [-0.2, 0) is 0 Å². The summed E-state index contributed by atoms with van der Waals surface area (Å²) in [6, 6.07) is 5.87. The molecule has 0 aliphatic heterocycles. The predicted molar refractivity (Wildman–Crippen MR) is 71.5 cm³/mol. The average Bonchev–Trinajstić information content (AvgIpc) is 3.14. The molecule has 1 saturated carbocycles. The van der Waals surface area contributed by atoms with Gasteiger partial charge in [0.15, 0.2) is 0 Å². The minimum atomic E-state index is -0.0435. The van der Waals surface area contributed by atoms with E-state index in [-0.39, 0.29) is 6.03 Å². The Kier molecular flexibility index (Phi) is 4.15. The summed E-state index contributed by atoms with van der Waals surface area (Å²) in [5, 5.41) is 2.84. The topological polar surface area (TPSA) is 48.5 Å². The van der Waals surface area contributed by atoms with E-state index in [4.69, 9.17) is 0 Å². The van der Waals surface area contributed by atoms with Crippen molar-refractivity contribution in [3.8, 4) is 0 Å². The number of amides is 2. The summed E-state index contributed by atoms with van der Waals surface area (Å²) in [5.41, 5.74) is 0. The number of hydrogen-bond donors (Lipinski definition) is 1. The molecule has 0 saturated heterocycles. The second kappa shape index (κ2) is 5.82. The molecular weight excluding hydrogens is 228 g/mol. The van der Waals surface area contributed by atoms with E-state index in [1.165, 1.54) is 0 Å². The van der Waals surface area contributed by atoms with E-state index in [1.807, 2.05) is 31.1 Å². The summed E-state index contributed by atoms with van der Waals surface area (Å²) >= 11 is 0. The van der Waals surface area contributed by atoms with Gasteiger partial charge in [-0.2, -0.15) is 0 Å². The van der Waals surface area contributed by atoms with Gasteiger partial charge >= 0.3 is 6.03 Å². The van der Waals surface area contributed by atoms with E-state index in [9.17, 15) is 4.79 Å². The number of carbonyl (C=O) groups excluding carboxylic acids is 1. The Balaban J connectivity index is 1.91. The van der Waals surface area contributed by atoms with Gasteiger partial charge in [0, 0.05) is 25.3 Å². The molecule has 1 aliphatic rings. The quantitative estimate of drug-likeness (QED) is 0.861. The molecule has 5 heteroatoms. The van der Waals surface area contributed by atoms with Crippen molar-refractivity contribution >= 4 is 11.8 Å². The zero-order valence-electron chi connectivity index (χ0n) is 11.0. The van der Waals surface area contributed by atoms with E-state index in [1.54, 1.807) is 12.3 Å². The molecule has 1 aromatic rings. The summed E-state index contributed by atoms with van der Waals surface area (Å²) in [6.07, 6.45) is 3.91. The maximum absolute atomic E-state index is 12.2. The number of pyridine rings is 1. The predicted octanol–water partition coefficient (Wildman–Crippen LogP) is 1.64. The molecule has 0 aromatic carbocycles. The van der Waals surface area contributed by atoms with Crippen LogP contribution in [0.25, 0.3) is 0 Å². The fraction of sp³-hybridized carbons (Fsp3) is 0.538. The van der Waals surface area contributed by atoms with Crippen LogP contribution in [0.15, 0.2) is 24.4 Å². The number of hydrogen-bond acceptors (Lipinski definition) is 3. The Morgan fingerprint density at radius 2 is 2.17 bits per heavy atom. The first-order valence-electron chi connectivity index (χ1n) is 6.30. The molecule has 2 rings (SSSR count). The summed E-state index contributed by atoms with van der Waals surface area (Å²) in [6.45, 7) is 1.64. The van der Waals surface area contributed by atoms with Gasteiger partial charge in [-0.05, 0) is 39.1 Å². The average molecular weight is 248 g/mol. The number of aromatic nitrogens is 1. The van der Waals surface area contributed by atoms with Crippen LogP contribution in [0.2, 0.25) is 0 Å². The van der Waals surface area contributed by atoms with Crippen molar-refractivity contribution in [1.29, 1.82) is 0 Å². The molecule has 0 bridgehead atoms. The first-order chi connectivity index (χ1) is 8.66. The van der Waals surface area contributed by atoms with Crippen LogP contribution < -0.4 is 5.32 Å². The number of urea groups is 1. The molecule has 18 heavy (non-hydrogen) atoms. The second-order valence-electron chi connectivity index (χ2n) is 4.87. The minimum absolute atomic E-state index is 0.0435. The lowest BCUT2D eigenvalue weighted by molar-refractivity contribution is 0.202. The molecular formula is C13H20N4O. The van der Waals surface area contributed by atoms with Gasteiger partial charge in [-0.25, -0.2) is 9.78 Å². The highest BCUT2D eigenvalue weighted by Crippen LogP contribution is 2.27. The van der Waals surface area contributed by atoms with Crippen molar-refractivity contribution in [3.05, 3.63) is 24.4 Å². The highest BCUT2D eigenvalue weighted by molar-refractivity contribution is 5.88. The molecule has 0 atom stereocenters. The van der Waals surface area contributed by atoms with Crippen molar-refractivity contribution in [2.75, 3.05) is 32.5 Å². The summed E-state index contributed by atoms with van der Waals surface area (Å²) in [7, 11) is 4.03. The molecule has 0 spiro atoms. The van der Waals surface area contributed by atoms with Crippen LogP contribution >= 0.6 is 0 Å². The third kappa shape index (κ3) is 3.70. The molecule has 1 heterocycles. The molecule has 2 amide bonds. The first kappa shape index (κ1) is 12.8. The van der Waals surface area contributed by atoms with Gasteiger partial charge < -0.3 is 9.80 Å². The highest BCUT2D eigenvalue weighted by atomic mass is 16.2. The lowest BCUT2D eigenvalue weighted by Gasteiger charge is -2.24. The first-order valence-corrected chi connectivity index (χ1v) is 6.30. The summed E-state index contributed by atoms with van der Waals surface area (Å²) in [4.78, 5) is 20.3. The largest absolute Gasteiger partial charge is 0.323 e. The second-order valence-corrected chi connectivity index (χ2v) is 4.87. The van der Waals surface area contributed by atoms with Crippen LogP contribution in [0, 0.1) is 0 Å². The Bertz CT molecular complexity index is 389. The summed E-state index contributed by atoms with van der Waals surface area (Å²) in [5.74, 6) is 0.609. The van der Waals surface area contributed by atoms with Crippen molar-refractivity contribution in [1.82, 2.24) is 14.8 Å². The SMILES string of the molecule is CN(C)CCN(C(=O)Nc1ccccn1)C1CC1. The number of nitrogens with one attached hydrogen (secondary N) is 1. The van der Waals surface area contributed by atoms with Gasteiger partial charge in [0.2, 0.25) is 0 Å². The van der Waals surface area contributed by atoms with E-state index >= 15 is 0 Å². The minimum Gasteiger partial charge on any atom is -0.320 e. The van der Waals surface area contributed by atoms with Gasteiger partial charge in [0.1, 0.15) is 5.82 Å². The number of nitrogens with zero attached hydrogens (tertiary/aromatic N) is 3. The van der Waals surface area contributed by atoms with E-state index in [0.717, 1.165) is 25.9 Å². The molecule has 1 aromatic heterocycles. The molecule has 0 radical (unpaired) electrons. The van der Waals surface area contributed by atoms with Crippen molar-refractivity contribution in [2.45, 2.75) is 18.9 Å². The van der Waals surface area contributed by atoms with Gasteiger partial charge in [-0.3, -0.25) is 5.32 Å².